The van der Waals surface area contributed by atoms with E-state index in [1.807, 2.05) is 33.3 Å². The first-order valence-electron chi connectivity index (χ1n) is 7.94. The predicted octanol–water partition coefficient (Wildman–Crippen LogP) is 1.22. The highest BCUT2D eigenvalue weighted by Crippen LogP contribution is 2.30. The minimum Gasteiger partial charge on any atom is -0.444 e. The van der Waals surface area contributed by atoms with Crippen LogP contribution in [0.2, 0.25) is 0 Å². The van der Waals surface area contributed by atoms with E-state index in [9.17, 15) is 9.59 Å². The lowest BCUT2D eigenvalue weighted by atomic mass is 10.1. The topological polar surface area (TPSA) is 85.9 Å². The molecular formula is C16H25N5O3. The fourth-order valence-corrected chi connectivity index (χ4v) is 2.65. The number of hydrogen-bond donors (Lipinski definition) is 3. The predicted molar refractivity (Wildman–Crippen MR) is 94.5 cm³/mol. The molecular weight excluding hydrogens is 310 g/mol. The second-order valence-corrected chi connectivity index (χ2v) is 5.48. The van der Waals surface area contributed by atoms with Crippen molar-refractivity contribution >= 4 is 29.6 Å². The maximum atomic E-state index is 12.2. The number of rotatable bonds is 6. The van der Waals surface area contributed by atoms with Crippen LogP contribution < -0.4 is 16.0 Å². The summed E-state index contributed by atoms with van der Waals surface area (Å²) in [6, 6.07) is 3.93. The average Bonchev–Trinajstić information content (AvgIpc) is 2.65. The molecule has 1 aromatic carbocycles. The summed E-state index contributed by atoms with van der Waals surface area (Å²) in [6.07, 6.45) is 0.451. The number of anilines is 3. The fraction of sp³-hybridized carbons (Fsp3) is 0.500. The van der Waals surface area contributed by atoms with E-state index in [0.717, 1.165) is 29.0 Å². The van der Waals surface area contributed by atoms with Gasteiger partial charge in [0.15, 0.2) is 0 Å². The Morgan fingerprint density at radius 1 is 1.08 bits per heavy atom. The molecule has 0 aromatic heterocycles. The third-order valence-corrected chi connectivity index (χ3v) is 4.14. The highest BCUT2D eigenvalue weighted by Gasteiger charge is 2.22. The van der Waals surface area contributed by atoms with Crippen molar-refractivity contribution in [1.82, 2.24) is 9.80 Å². The van der Waals surface area contributed by atoms with Gasteiger partial charge in [-0.3, -0.25) is 4.79 Å². The Hall–Kier alpha value is -2.64. The van der Waals surface area contributed by atoms with E-state index in [1.54, 1.807) is 9.80 Å². The van der Waals surface area contributed by atoms with Gasteiger partial charge in [0.2, 0.25) is 6.41 Å². The summed E-state index contributed by atoms with van der Waals surface area (Å²) < 4.78 is 5.47. The molecule has 8 heteroatoms. The van der Waals surface area contributed by atoms with Gasteiger partial charge in [-0.25, -0.2) is 4.79 Å². The van der Waals surface area contributed by atoms with E-state index in [4.69, 9.17) is 4.74 Å². The van der Waals surface area contributed by atoms with Crippen molar-refractivity contribution < 1.29 is 14.3 Å². The van der Waals surface area contributed by atoms with E-state index in [-0.39, 0.29) is 12.7 Å². The van der Waals surface area contributed by atoms with Crippen molar-refractivity contribution in [3.63, 3.8) is 0 Å². The molecule has 0 bridgehead atoms. The summed E-state index contributed by atoms with van der Waals surface area (Å²) in [7, 11) is 5.52. The fourth-order valence-electron chi connectivity index (χ4n) is 2.65. The van der Waals surface area contributed by atoms with Crippen LogP contribution in [0.25, 0.3) is 0 Å². The molecule has 2 amide bonds. The first-order valence-corrected chi connectivity index (χ1v) is 7.94. The SMILES string of the molecule is CNc1cc(NC)c(COC(=O)N2CCN(C=O)CC2)c(NC)c1. The van der Waals surface area contributed by atoms with Gasteiger partial charge in [0.1, 0.15) is 6.61 Å². The molecule has 1 aliphatic rings. The lowest BCUT2D eigenvalue weighted by Crippen LogP contribution is -2.48. The van der Waals surface area contributed by atoms with Crippen molar-refractivity contribution in [2.75, 3.05) is 63.3 Å². The first kappa shape index (κ1) is 17.7. The molecule has 132 valence electrons. The Morgan fingerprint density at radius 2 is 1.67 bits per heavy atom. The molecule has 0 aliphatic carbocycles. The number of hydrogen-bond acceptors (Lipinski definition) is 6. The number of carbonyl (C=O) groups excluding carboxylic acids is 2. The van der Waals surface area contributed by atoms with Crippen LogP contribution in [0.1, 0.15) is 5.56 Å². The maximum absolute atomic E-state index is 12.2. The standard InChI is InChI=1S/C16H25N5O3/c1-17-12-8-14(18-2)13(15(9-12)19-3)10-24-16(23)21-6-4-20(11-22)5-7-21/h8-9,11,17-19H,4-7,10H2,1-3H3. The maximum Gasteiger partial charge on any atom is 0.410 e. The summed E-state index contributed by atoms with van der Waals surface area (Å²) in [5.41, 5.74) is 3.64. The largest absolute Gasteiger partial charge is 0.444 e. The minimum atomic E-state index is -0.359. The molecule has 0 radical (unpaired) electrons. The van der Waals surface area contributed by atoms with E-state index < -0.39 is 0 Å². The monoisotopic (exact) mass is 335 g/mol. The van der Waals surface area contributed by atoms with Gasteiger partial charge in [-0.2, -0.15) is 0 Å². The molecule has 1 aromatic rings. The van der Waals surface area contributed by atoms with Crippen LogP contribution in [-0.2, 0) is 16.1 Å². The van der Waals surface area contributed by atoms with Gasteiger partial charge in [-0.1, -0.05) is 0 Å². The van der Waals surface area contributed by atoms with Gasteiger partial charge in [0.05, 0.1) is 0 Å². The van der Waals surface area contributed by atoms with Gasteiger partial charge < -0.3 is 30.5 Å². The summed E-state index contributed by atoms with van der Waals surface area (Å²) in [6.45, 7) is 2.24. The zero-order chi connectivity index (χ0) is 17.5. The van der Waals surface area contributed by atoms with Gasteiger partial charge in [0, 0.05) is 69.9 Å². The third kappa shape index (κ3) is 4.01. The average molecular weight is 335 g/mol. The van der Waals surface area contributed by atoms with Crippen molar-refractivity contribution in [2.45, 2.75) is 6.61 Å². The lowest BCUT2D eigenvalue weighted by Gasteiger charge is -2.31. The van der Waals surface area contributed by atoms with E-state index >= 15 is 0 Å². The Kier molecular flexibility index (Phi) is 6.11. The molecule has 0 saturated carbocycles. The van der Waals surface area contributed by atoms with E-state index in [1.165, 1.54) is 0 Å². The first-order chi connectivity index (χ1) is 11.6. The smallest absolute Gasteiger partial charge is 0.410 e. The van der Waals surface area contributed by atoms with Crippen molar-refractivity contribution in [3.8, 4) is 0 Å². The minimum absolute atomic E-state index is 0.170. The molecule has 1 aliphatic heterocycles. The van der Waals surface area contributed by atoms with Crippen LogP contribution in [-0.4, -0.2) is 69.6 Å². The van der Waals surface area contributed by atoms with Crippen molar-refractivity contribution in [1.29, 1.82) is 0 Å². The number of amides is 2. The molecule has 2 rings (SSSR count). The molecule has 8 nitrogen and oxygen atoms in total. The lowest BCUT2D eigenvalue weighted by molar-refractivity contribution is -0.119. The Morgan fingerprint density at radius 3 is 2.12 bits per heavy atom. The summed E-state index contributed by atoms with van der Waals surface area (Å²) in [5, 5.41) is 9.36. The van der Waals surface area contributed by atoms with E-state index in [0.29, 0.717) is 26.2 Å². The molecule has 24 heavy (non-hydrogen) atoms. The summed E-state index contributed by atoms with van der Waals surface area (Å²) >= 11 is 0. The van der Waals surface area contributed by atoms with Crippen LogP contribution in [0, 0.1) is 0 Å². The quantitative estimate of drug-likeness (QED) is 0.678. The second-order valence-electron chi connectivity index (χ2n) is 5.48. The van der Waals surface area contributed by atoms with Gasteiger partial charge in [-0.05, 0) is 12.1 Å². The third-order valence-electron chi connectivity index (χ3n) is 4.14. The molecule has 1 saturated heterocycles. The second kappa shape index (κ2) is 8.28. The van der Waals surface area contributed by atoms with Crippen LogP contribution >= 0.6 is 0 Å². The summed E-state index contributed by atoms with van der Waals surface area (Å²) in [4.78, 5) is 26.2. The van der Waals surface area contributed by atoms with Crippen LogP contribution in [0.5, 0.6) is 0 Å². The Balaban J connectivity index is 2.03. The molecule has 0 spiro atoms. The number of nitrogens with zero attached hydrogens (tertiary/aromatic N) is 2. The number of carbonyl (C=O) groups is 2. The number of piperazine rings is 1. The van der Waals surface area contributed by atoms with Crippen LogP contribution in [0.3, 0.4) is 0 Å². The van der Waals surface area contributed by atoms with Crippen molar-refractivity contribution in [2.24, 2.45) is 0 Å². The van der Waals surface area contributed by atoms with Crippen LogP contribution in [0.15, 0.2) is 12.1 Å². The zero-order valence-electron chi connectivity index (χ0n) is 14.4. The zero-order valence-corrected chi connectivity index (χ0v) is 14.4. The molecule has 0 unspecified atom stereocenters. The number of ether oxygens (including phenoxy) is 1. The Labute approximate surface area is 142 Å². The highest BCUT2D eigenvalue weighted by atomic mass is 16.6. The molecule has 1 fully saturated rings. The highest BCUT2D eigenvalue weighted by molar-refractivity contribution is 5.74. The van der Waals surface area contributed by atoms with E-state index in [2.05, 4.69) is 16.0 Å². The van der Waals surface area contributed by atoms with Gasteiger partial charge in [-0.15, -0.1) is 0 Å². The number of nitrogens with one attached hydrogen (secondary N) is 3. The molecule has 0 atom stereocenters. The Bertz CT molecular complexity index is 560. The van der Waals surface area contributed by atoms with Crippen molar-refractivity contribution in [3.05, 3.63) is 17.7 Å². The van der Waals surface area contributed by atoms with Gasteiger partial charge >= 0.3 is 6.09 Å². The normalized spacial score (nSPS) is 14.1. The van der Waals surface area contributed by atoms with Crippen LogP contribution in [0.4, 0.5) is 21.9 Å². The number of benzene rings is 1. The summed E-state index contributed by atoms with van der Waals surface area (Å²) in [5.74, 6) is 0. The van der Waals surface area contributed by atoms with Gasteiger partial charge in [0.25, 0.3) is 0 Å². The molecule has 3 N–H and O–H groups in total. The molecule has 1 heterocycles.